The lowest BCUT2D eigenvalue weighted by Crippen LogP contribution is -2.65. The van der Waals surface area contributed by atoms with Gasteiger partial charge in [-0.25, -0.2) is 4.79 Å². The van der Waals surface area contributed by atoms with Crippen LogP contribution in [-0.4, -0.2) is 34.7 Å². The first-order valence-corrected chi connectivity index (χ1v) is 8.64. The first kappa shape index (κ1) is 18.3. The largest absolute Gasteiger partial charge is 0.333 e. The highest BCUT2D eigenvalue weighted by Crippen LogP contribution is 2.36. The molecule has 1 atom stereocenters. The van der Waals surface area contributed by atoms with Gasteiger partial charge >= 0.3 is 6.03 Å². The molecule has 0 N–H and O–H groups in total. The number of nitrogens with zero attached hydrogens (tertiary/aromatic N) is 3. The van der Waals surface area contributed by atoms with Gasteiger partial charge in [0.1, 0.15) is 0 Å². The van der Waals surface area contributed by atoms with Crippen LogP contribution in [0.5, 0.6) is 0 Å². The number of imide groups is 2. The van der Waals surface area contributed by atoms with Gasteiger partial charge in [-0.2, -0.15) is 5.26 Å². The zero-order chi connectivity index (χ0) is 19.6. The van der Waals surface area contributed by atoms with Crippen LogP contribution in [0.4, 0.5) is 4.79 Å². The number of likely N-dealkylation sites (N-methyl/N-ethyl adjacent to an activating group) is 1. The third-order valence-electron chi connectivity index (χ3n) is 4.99. The molecule has 27 heavy (non-hydrogen) atoms. The van der Waals surface area contributed by atoms with Gasteiger partial charge in [0.2, 0.25) is 0 Å². The van der Waals surface area contributed by atoms with Gasteiger partial charge in [0, 0.05) is 7.05 Å². The number of hydrogen-bond donors (Lipinski definition) is 0. The normalized spacial score (nSPS) is 20.0. The summed E-state index contributed by atoms with van der Waals surface area (Å²) < 4.78 is 0. The standard InChI is InChI=1S/C21H19N3O3/c1-3-21(17-10-5-4-6-11-17)18(25)23(2)20(27)24(19(21)26)14-16-9-7-8-15(12-16)13-22/h4-12H,3,14H2,1-2H3. The van der Waals surface area contributed by atoms with Crippen LogP contribution in [0.3, 0.4) is 0 Å². The monoisotopic (exact) mass is 361 g/mol. The van der Waals surface area contributed by atoms with E-state index in [1.807, 2.05) is 12.1 Å². The number of hydrogen-bond acceptors (Lipinski definition) is 4. The van der Waals surface area contributed by atoms with Crippen molar-refractivity contribution in [2.45, 2.75) is 25.3 Å². The van der Waals surface area contributed by atoms with Crippen LogP contribution >= 0.6 is 0 Å². The second-order valence-corrected chi connectivity index (χ2v) is 6.48. The molecule has 6 nitrogen and oxygen atoms in total. The lowest BCUT2D eigenvalue weighted by atomic mass is 9.74. The van der Waals surface area contributed by atoms with Crippen LogP contribution in [0, 0.1) is 11.3 Å². The van der Waals surface area contributed by atoms with Crippen molar-refractivity contribution < 1.29 is 14.4 Å². The SMILES string of the molecule is CCC1(c2ccccc2)C(=O)N(C)C(=O)N(Cc2cccc(C#N)c2)C1=O. The fourth-order valence-corrected chi connectivity index (χ4v) is 3.50. The molecule has 1 aliphatic rings. The van der Waals surface area contributed by atoms with Crippen LogP contribution in [0.25, 0.3) is 0 Å². The Kier molecular flexibility index (Phi) is 4.78. The third-order valence-corrected chi connectivity index (χ3v) is 4.99. The van der Waals surface area contributed by atoms with E-state index in [2.05, 4.69) is 0 Å². The summed E-state index contributed by atoms with van der Waals surface area (Å²) in [5.41, 5.74) is 0.226. The number of rotatable bonds is 4. The van der Waals surface area contributed by atoms with E-state index in [-0.39, 0.29) is 13.0 Å². The van der Waals surface area contributed by atoms with E-state index >= 15 is 0 Å². The molecule has 6 heteroatoms. The van der Waals surface area contributed by atoms with Crippen LogP contribution in [0.2, 0.25) is 0 Å². The summed E-state index contributed by atoms with van der Waals surface area (Å²) in [7, 11) is 1.39. The summed E-state index contributed by atoms with van der Waals surface area (Å²) in [5.74, 6) is -1.06. The molecule has 0 bridgehead atoms. The molecule has 0 radical (unpaired) electrons. The first-order chi connectivity index (χ1) is 13.0. The van der Waals surface area contributed by atoms with Crippen molar-refractivity contribution >= 4 is 17.8 Å². The van der Waals surface area contributed by atoms with Crippen molar-refractivity contribution in [1.82, 2.24) is 9.80 Å². The van der Waals surface area contributed by atoms with E-state index in [4.69, 9.17) is 5.26 Å². The molecule has 0 spiro atoms. The van der Waals surface area contributed by atoms with E-state index in [0.717, 1.165) is 9.80 Å². The molecule has 1 saturated heterocycles. The zero-order valence-corrected chi connectivity index (χ0v) is 15.2. The summed E-state index contributed by atoms with van der Waals surface area (Å²) in [6.45, 7) is 1.76. The van der Waals surface area contributed by atoms with E-state index in [1.165, 1.54) is 7.05 Å². The Balaban J connectivity index is 2.07. The molecule has 1 aliphatic heterocycles. The van der Waals surface area contributed by atoms with Gasteiger partial charge in [-0.15, -0.1) is 0 Å². The number of urea groups is 1. The Morgan fingerprint density at radius 1 is 1.00 bits per heavy atom. The minimum atomic E-state index is -1.43. The van der Waals surface area contributed by atoms with E-state index < -0.39 is 23.3 Å². The molecule has 1 heterocycles. The topological polar surface area (TPSA) is 81.5 Å². The highest BCUT2D eigenvalue weighted by molar-refractivity contribution is 6.22. The van der Waals surface area contributed by atoms with Crippen molar-refractivity contribution in [2.75, 3.05) is 7.05 Å². The summed E-state index contributed by atoms with van der Waals surface area (Å²) >= 11 is 0. The predicted molar refractivity (Wildman–Crippen MR) is 98.3 cm³/mol. The number of carbonyl (C=O) groups excluding carboxylic acids is 3. The van der Waals surface area contributed by atoms with E-state index in [0.29, 0.717) is 16.7 Å². The molecule has 2 aromatic carbocycles. The van der Waals surface area contributed by atoms with Crippen molar-refractivity contribution in [2.24, 2.45) is 0 Å². The molecule has 136 valence electrons. The second kappa shape index (κ2) is 7.04. The molecular weight excluding hydrogens is 342 g/mol. The highest BCUT2D eigenvalue weighted by Gasteiger charge is 2.56. The fourth-order valence-electron chi connectivity index (χ4n) is 3.50. The minimum absolute atomic E-state index is 0.000605. The third kappa shape index (κ3) is 2.87. The lowest BCUT2D eigenvalue weighted by molar-refractivity contribution is -0.152. The number of barbiturate groups is 1. The molecule has 0 aliphatic carbocycles. The maximum atomic E-state index is 13.4. The van der Waals surface area contributed by atoms with Gasteiger partial charge in [-0.05, 0) is 29.7 Å². The van der Waals surface area contributed by atoms with Gasteiger partial charge in [-0.1, -0.05) is 49.4 Å². The molecule has 1 unspecified atom stereocenters. The van der Waals surface area contributed by atoms with Crippen molar-refractivity contribution in [3.8, 4) is 6.07 Å². The minimum Gasteiger partial charge on any atom is -0.273 e. The summed E-state index contributed by atoms with van der Waals surface area (Å²) in [6.07, 6.45) is 0.237. The van der Waals surface area contributed by atoms with Crippen LogP contribution in [0.15, 0.2) is 54.6 Å². The Morgan fingerprint density at radius 3 is 2.33 bits per heavy atom. The Hall–Kier alpha value is -3.46. The summed E-state index contributed by atoms with van der Waals surface area (Å²) in [4.78, 5) is 41.2. The molecular formula is C21H19N3O3. The van der Waals surface area contributed by atoms with Crippen LogP contribution < -0.4 is 0 Å². The van der Waals surface area contributed by atoms with Crippen LogP contribution in [0.1, 0.15) is 30.0 Å². The average Bonchev–Trinajstić information content (AvgIpc) is 2.71. The van der Waals surface area contributed by atoms with Crippen molar-refractivity contribution in [1.29, 1.82) is 5.26 Å². The van der Waals surface area contributed by atoms with E-state index in [9.17, 15) is 14.4 Å². The van der Waals surface area contributed by atoms with E-state index in [1.54, 1.807) is 55.5 Å². The summed E-state index contributed by atoms with van der Waals surface area (Å²) in [5, 5.41) is 9.07. The number of nitriles is 1. The highest BCUT2D eigenvalue weighted by atomic mass is 16.2. The summed E-state index contributed by atoms with van der Waals surface area (Å²) in [6, 6.07) is 16.9. The van der Waals surface area contributed by atoms with Crippen molar-refractivity contribution in [3.63, 3.8) is 0 Å². The lowest BCUT2D eigenvalue weighted by Gasteiger charge is -2.42. The number of benzene rings is 2. The number of carbonyl (C=O) groups is 3. The quantitative estimate of drug-likeness (QED) is 0.784. The predicted octanol–water partition coefficient (Wildman–Crippen LogP) is 2.83. The fraction of sp³-hybridized carbons (Fsp3) is 0.238. The zero-order valence-electron chi connectivity index (χ0n) is 15.2. The van der Waals surface area contributed by atoms with Gasteiger partial charge in [0.15, 0.2) is 5.41 Å². The number of amides is 4. The van der Waals surface area contributed by atoms with Gasteiger partial charge in [0.05, 0.1) is 18.2 Å². The smallest absolute Gasteiger partial charge is 0.273 e. The van der Waals surface area contributed by atoms with Crippen molar-refractivity contribution in [3.05, 3.63) is 71.3 Å². The maximum absolute atomic E-state index is 13.4. The maximum Gasteiger partial charge on any atom is 0.333 e. The molecule has 3 rings (SSSR count). The van der Waals surface area contributed by atoms with Gasteiger partial charge in [0.25, 0.3) is 11.8 Å². The molecule has 1 fully saturated rings. The van der Waals surface area contributed by atoms with Crippen LogP contribution in [-0.2, 0) is 21.5 Å². The second-order valence-electron chi connectivity index (χ2n) is 6.48. The Labute approximate surface area is 157 Å². The Morgan fingerprint density at radius 2 is 1.70 bits per heavy atom. The molecule has 0 aromatic heterocycles. The van der Waals surface area contributed by atoms with Gasteiger partial charge < -0.3 is 0 Å². The van der Waals surface area contributed by atoms with Gasteiger partial charge in [-0.3, -0.25) is 19.4 Å². The average molecular weight is 361 g/mol. The molecule has 4 amide bonds. The first-order valence-electron chi connectivity index (χ1n) is 8.64. The molecule has 0 saturated carbocycles. The molecule has 2 aromatic rings. The Bertz CT molecular complexity index is 949.